The maximum absolute atomic E-state index is 12.4. The number of esters is 1. The Balaban J connectivity index is 2.11. The van der Waals surface area contributed by atoms with Gasteiger partial charge in [0.15, 0.2) is 11.7 Å². The van der Waals surface area contributed by atoms with Gasteiger partial charge in [0, 0.05) is 6.54 Å². The fourth-order valence-electron chi connectivity index (χ4n) is 2.16. The number of hydrogen-bond donors (Lipinski definition) is 1. The molecule has 1 aliphatic rings. The number of carbonyl (C=O) groups excluding carboxylic acids is 3. The molecule has 0 spiro atoms. The van der Waals surface area contributed by atoms with Gasteiger partial charge in [0.25, 0.3) is 11.8 Å². The average molecular weight is 374 g/mol. The first-order chi connectivity index (χ1) is 12.5. The molecule has 0 atom stereocenters. The number of hydrogen-bond acceptors (Lipinski definition) is 6. The van der Waals surface area contributed by atoms with Gasteiger partial charge in [0.1, 0.15) is 11.3 Å². The Labute approximate surface area is 156 Å². The van der Waals surface area contributed by atoms with Gasteiger partial charge in [0.05, 0.1) is 6.61 Å². The molecule has 8 heteroatoms. The first-order valence-electron chi connectivity index (χ1n) is 7.84. The number of amides is 2. The quantitative estimate of drug-likeness (QED) is 0.256. The molecule has 2 amide bonds. The molecule has 1 N–H and O–H groups in total. The van der Waals surface area contributed by atoms with Crippen LogP contribution in [-0.2, 0) is 19.1 Å². The van der Waals surface area contributed by atoms with Gasteiger partial charge in [0.2, 0.25) is 0 Å². The van der Waals surface area contributed by atoms with E-state index in [1.165, 1.54) is 17.1 Å². The Kier molecular flexibility index (Phi) is 6.62. The number of nitrogens with one attached hydrogen (secondary N) is 1. The number of benzene rings is 1. The average Bonchev–Trinajstić information content (AvgIpc) is 2.61. The monoisotopic (exact) mass is 374 g/mol. The highest BCUT2D eigenvalue weighted by molar-refractivity contribution is 7.80. The number of carbonyl (C=O) groups is 3. The molecule has 0 unspecified atom stereocenters. The lowest BCUT2D eigenvalue weighted by atomic mass is 10.1. The van der Waals surface area contributed by atoms with Gasteiger partial charge >= 0.3 is 5.97 Å². The lowest BCUT2D eigenvalue weighted by Crippen LogP contribution is -2.53. The number of ether oxygens (including phenoxy) is 2. The van der Waals surface area contributed by atoms with Crippen molar-refractivity contribution in [3.8, 4) is 5.75 Å². The molecule has 0 aliphatic carbocycles. The van der Waals surface area contributed by atoms with Crippen LogP contribution < -0.4 is 10.1 Å². The summed E-state index contributed by atoms with van der Waals surface area (Å²) in [7, 11) is 0. The minimum Gasteiger partial charge on any atom is -0.482 e. The second kappa shape index (κ2) is 8.91. The molecule has 0 aromatic heterocycles. The van der Waals surface area contributed by atoms with Gasteiger partial charge in [-0.1, -0.05) is 18.2 Å². The highest BCUT2D eigenvalue weighted by Crippen LogP contribution is 2.17. The van der Waals surface area contributed by atoms with Gasteiger partial charge in [-0.05, 0) is 42.9 Å². The maximum atomic E-state index is 12.4. The van der Waals surface area contributed by atoms with Crippen molar-refractivity contribution in [2.45, 2.75) is 6.92 Å². The van der Waals surface area contributed by atoms with Crippen LogP contribution in [0.25, 0.3) is 6.08 Å². The molecule has 1 fully saturated rings. The van der Waals surface area contributed by atoms with Crippen molar-refractivity contribution in [2.24, 2.45) is 0 Å². The minimum atomic E-state index is -0.553. The highest BCUT2D eigenvalue weighted by atomic mass is 32.1. The van der Waals surface area contributed by atoms with Crippen molar-refractivity contribution in [3.63, 3.8) is 0 Å². The van der Waals surface area contributed by atoms with Gasteiger partial charge in [-0.15, -0.1) is 6.58 Å². The number of nitrogens with zero attached hydrogens (tertiary/aromatic N) is 1. The van der Waals surface area contributed by atoms with Crippen molar-refractivity contribution >= 4 is 41.2 Å². The summed E-state index contributed by atoms with van der Waals surface area (Å²) in [6.45, 7) is 5.59. The number of thiocarbonyl (C=S) groups is 1. The zero-order chi connectivity index (χ0) is 19.1. The summed E-state index contributed by atoms with van der Waals surface area (Å²) < 4.78 is 10.1. The summed E-state index contributed by atoms with van der Waals surface area (Å²) in [5.74, 6) is -1.03. The van der Waals surface area contributed by atoms with E-state index in [4.69, 9.17) is 21.7 Å². The molecule has 136 valence electrons. The minimum absolute atomic E-state index is 0.0272. The fraction of sp³-hybridized carbons (Fsp3) is 0.222. The van der Waals surface area contributed by atoms with E-state index in [1.807, 2.05) is 0 Å². The summed E-state index contributed by atoms with van der Waals surface area (Å²) in [5, 5.41) is 2.53. The maximum Gasteiger partial charge on any atom is 0.344 e. The Bertz CT molecular complexity index is 770. The van der Waals surface area contributed by atoms with E-state index in [2.05, 4.69) is 11.9 Å². The van der Waals surface area contributed by atoms with E-state index < -0.39 is 17.8 Å². The van der Waals surface area contributed by atoms with Gasteiger partial charge < -0.3 is 9.47 Å². The molecule has 1 saturated heterocycles. The smallest absolute Gasteiger partial charge is 0.344 e. The summed E-state index contributed by atoms with van der Waals surface area (Å²) in [6, 6.07) is 6.59. The standard InChI is InChI=1S/C18H18N2O5S/c1-3-9-20-17(23)14(16(22)19-18(20)26)10-12-5-7-13(8-6-12)25-11-15(21)24-4-2/h3,5-8,10H,1,4,9,11H2,2H3,(H,19,22,26)/b14-10-. The van der Waals surface area contributed by atoms with E-state index >= 15 is 0 Å². The van der Waals surface area contributed by atoms with Crippen LogP contribution in [-0.4, -0.2) is 47.6 Å². The molecular formula is C18H18N2O5S. The third-order valence-corrected chi connectivity index (χ3v) is 3.67. The van der Waals surface area contributed by atoms with Crippen LogP contribution in [0.3, 0.4) is 0 Å². The van der Waals surface area contributed by atoms with Crippen LogP contribution in [0.4, 0.5) is 0 Å². The molecule has 7 nitrogen and oxygen atoms in total. The lowest BCUT2D eigenvalue weighted by Gasteiger charge is -2.27. The third kappa shape index (κ3) is 4.76. The van der Waals surface area contributed by atoms with Gasteiger partial charge in [-0.3, -0.25) is 19.8 Å². The largest absolute Gasteiger partial charge is 0.482 e. The normalized spacial score (nSPS) is 15.7. The molecule has 1 aliphatic heterocycles. The summed E-state index contributed by atoms with van der Waals surface area (Å²) in [6.07, 6.45) is 2.99. The van der Waals surface area contributed by atoms with Gasteiger partial charge in [-0.2, -0.15) is 0 Å². The summed E-state index contributed by atoms with van der Waals surface area (Å²) in [5.41, 5.74) is 0.596. The molecule has 0 bridgehead atoms. The second-order valence-electron chi connectivity index (χ2n) is 5.18. The third-order valence-electron chi connectivity index (χ3n) is 3.35. The first kappa shape index (κ1) is 19.3. The predicted molar refractivity (Wildman–Crippen MR) is 99.2 cm³/mol. The molecular weight excluding hydrogens is 356 g/mol. The predicted octanol–water partition coefficient (Wildman–Crippen LogP) is 1.44. The fourth-order valence-corrected chi connectivity index (χ4v) is 2.41. The van der Waals surface area contributed by atoms with Crippen LogP contribution in [0, 0.1) is 0 Å². The van der Waals surface area contributed by atoms with Gasteiger partial charge in [-0.25, -0.2) is 4.79 Å². The van der Waals surface area contributed by atoms with Crippen molar-refractivity contribution in [1.29, 1.82) is 0 Å². The SMILES string of the molecule is C=CCN1C(=O)/C(=C\c2ccc(OCC(=O)OCC)cc2)C(=O)NC1=S. The van der Waals surface area contributed by atoms with Crippen LogP contribution in [0.1, 0.15) is 12.5 Å². The highest BCUT2D eigenvalue weighted by Gasteiger charge is 2.32. The molecule has 26 heavy (non-hydrogen) atoms. The second-order valence-corrected chi connectivity index (χ2v) is 5.57. The molecule has 0 radical (unpaired) electrons. The van der Waals surface area contributed by atoms with E-state index in [9.17, 15) is 14.4 Å². The van der Waals surface area contributed by atoms with Crippen molar-refractivity contribution in [2.75, 3.05) is 19.8 Å². The zero-order valence-electron chi connectivity index (χ0n) is 14.2. The Morgan fingerprint density at radius 3 is 2.62 bits per heavy atom. The Morgan fingerprint density at radius 2 is 2.00 bits per heavy atom. The molecule has 1 heterocycles. The molecule has 0 saturated carbocycles. The zero-order valence-corrected chi connectivity index (χ0v) is 15.0. The molecule has 1 aromatic rings. The molecule has 2 rings (SSSR count). The van der Waals surface area contributed by atoms with E-state index in [-0.39, 0.29) is 30.4 Å². The van der Waals surface area contributed by atoms with Crippen LogP contribution in [0.5, 0.6) is 5.75 Å². The van der Waals surface area contributed by atoms with E-state index in [0.717, 1.165) is 0 Å². The Hall–Kier alpha value is -3.00. The van der Waals surface area contributed by atoms with Crippen molar-refractivity contribution < 1.29 is 23.9 Å². The first-order valence-corrected chi connectivity index (χ1v) is 8.25. The van der Waals surface area contributed by atoms with Crippen LogP contribution >= 0.6 is 12.2 Å². The van der Waals surface area contributed by atoms with Crippen molar-refractivity contribution in [1.82, 2.24) is 10.2 Å². The summed E-state index contributed by atoms with van der Waals surface area (Å²) in [4.78, 5) is 37.0. The van der Waals surface area contributed by atoms with Crippen LogP contribution in [0.2, 0.25) is 0 Å². The lowest BCUT2D eigenvalue weighted by molar-refractivity contribution is -0.145. The summed E-state index contributed by atoms with van der Waals surface area (Å²) >= 11 is 4.99. The Morgan fingerprint density at radius 1 is 1.31 bits per heavy atom. The van der Waals surface area contributed by atoms with Crippen LogP contribution in [0.15, 0.2) is 42.5 Å². The number of rotatable bonds is 7. The molecule has 1 aromatic carbocycles. The van der Waals surface area contributed by atoms with E-state index in [1.54, 1.807) is 31.2 Å². The topological polar surface area (TPSA) is 84.9 Å². The van der Waals surface area contributed by atoms with Crippen molar-refractivity contribution in [3.05, 3.63) is 48.1 Å². The van der Waals surface area contributed by atoms with E-state index in [0.29, 0.717) is 11.3 Å².